The van der Waals surface area contributed by atoms with Crippen LogP contribution in [0.1, 0.15) is 12.5 Å². The Labute approximate surface area is 152 Å². The molecule has 4 nitrogen and oxygen atoms in total. The van der Waals surface area contributed by atoms with Crippen LogP contribution in [0.2, 0.25) is 0 Å². The zero-order valence-electron chi connectivity index (χ0n) is 14.7. The molecule has 128 valence electrons. The maximum Gasteiger partial charge on any atom is 0.145 e. The molecule has 0 fully saturated rings. The second kappa shape index (κ2) is 5.36. The summed E-state index contributed by atoms with van der Waals surface area (Å²) in [6.07, 6.45) is 0. The number of hydrogen-bond acceptors (Lipinski definition) is 3. The standard InChI is InChI=1S/C22H19N3O/c1-22(15-11-13-16(26-2)14-12-15)24-18-8-4-3-7-17(18)21-23-19-9-5-6-10-20(19)25(21)22/h3-14,24H,1-2H3/t22-/m1/s1. The normalized spacial score (nSPS) is 18.1. The van der Waals surface area contributed by atoms with Crippen molar-refractivity contribution in [2.24, 2.45) is 0 Å². The van der Waals surface area contributed by atoms with Crippen LogP contribution < -0.4 is 10.1 Å². The molecule has 0 amide bonds. The lowest BCUT2D eigenvalue weighted by atomic mass is 9.95. The smallest absolute Gasteiger partial charge is 0.145 e. The quantitative estimate of drug-likeness (QED) is 0.566. The highest BCUT2D eigenvalue weighted by Gasteiger charge is 2.37. The van der Waals surface area contributed by atoms with Gasteiger partial charge in [0.15, 0.2) is 0 Å². The fourth-order valence-electron chi connectivity index (χ4n) is 3.88. The van der Waals surface area contributed by atoms with E-state index in [-0.39, 0.29) is 0 Å². The van der Waals surface area contributed by atoms with Crippen LogP contribution in [0.5, 0.6) is 5.75 Å². The predicted octanol–water partition coefficient (Wildman–Crippen LogP) is 4.86. The van der Waals surface area contributed by atoms with Gasteiger partial charge in [-0.1, -0.05) is 36.4 Å². The number of rotatable bonds is 2. The zero-order valence-corrected chi connectivity index (χ0v) is 14.7. The number of nitrogens with zero attached hydrogens (tertiary/aromatic N) is 2. The van der Waals surface area contributed by atoms with Gasteiger partial charge in [-0.3, -0.25) is 4.57 Å². The summed E-state index contributed by atoms with van der Waals surface area (Å²) in [5.74, 6) is 1.84. The number of imidazole rings is 1. The summed E-state index contributed by atoms with van der Waals surface area (Å²) in [6, 6.07) is 24.9. The lowest BCUT2D eigenvalue weighted by Gasteiger charge is -2.40. The summed E-state index contributed by atoms with van der Waals surface area (Å²) in [4.78, 5) is 4.95. The molecule has 5 rings (SSSR count). The second-order valence-electron chi connectivity index (χ2n) is 6.73. The van der Waals surface area contributed by atoms with Gasteiger partial charge in [-0.2, -0.15) is 0 Å². The number of fused-ring (bicyclic) bond motifs is 5. The van der Waals surface area contributed by atoms with Gasteiger partial charge in [0.2, 0.25) is 0 Å². The SMILES string of the molecule is COc1ccc([C@]2(C)Nc3ccccc3-c3nc4ccccc4n32)cc1. The van der Waals surface area contributed by atoms with Crippen LogP contribution in [0.25, 0.3) is 22.4 Å². The van der Waals surface area contributed by atoms with E-state index in [1.165, 1.54) is 0 Å². The molecule has 1 aromatic heterocycles. The van der Waals surface area contributed by atoms with Crippen LogP contribution in [-0.2, 0) is 5.66 Å². The topological polar surface area (TPSA) is 39.1 Å². The first-order valence-electron chi connectivity index (χ1n) is 8.71. The molecule has 0 spiro atoms. The molecule has 0 saturated heterocycles. The number of nitrogens with one attached hydrogen (secondary N) is 1. The molecule has 0 aliphatic carbocycles. The van der Waals surface area contributed by atoms with Crippen LogP contribution in [0.15, 0.2) is 72.8 Å². The molecule has 26 heavy (non-hydrogen) atoms. The summed E-state index contributed by atoms with van der Waals surface area (Å²) < 4.78 is 7.63. The summed E-state index contributed by atoms with van der Waals surface area (Å²) in [7, 11) is 1.69. The molecule has 2 heterocycles. The first-order chi connectivity index (χ1) is 12.7. The van der Waals surface area contributed by atoms with Crippen molar-refractivity contribution in [1.29, 1.82) is 0 Å². The Morgan fingerprint density at radius 2 is 1.65 bits per heavy atom. The van der Waals surface area contributed by atoms with Gasteiger partial charge in [0, 0.05) is 11.3 Å². The summed E-state index contributed by atoms with van der Waals surface area (Å²) in [6.45, 7) is 2.20. The molecule has 3 aromatic carbocycles. The molecule has 0 unspecified atom stereocenters. The molecule has 1 aliphatic heterocycles. The Hall–Kier alpha value is -3.27. The summed E-state index contributed by atoms with van der Waals surface area (Å²) >= 11 is 0. The molecule has 1 aliphatic rings. The largest absolute Gasteiger partial charge is 0.497 e. The van der Waals surface area contributed by atoms with Crippen LogP contribution in [0.4, 0.5) is 5.69 Å². The predicted molar refractivity (Wildman–Crippen MR) is 105 cm³/mol. The Balaban J connectivity index is 1.83. The Bertz CT molecular complexity index is 1110. The number of aromatic nitrogens is 2. The minimum absolute atomic E-state index is 0.452. The maximum atomic E-state index is 5.33. The van der Waals surface area contributed by atoms with Crippen molar-refractivity contribution in [1.82, 2.24) is 9.55 Å². The third-order valence-electron chi connectivity index (χ3n) is 5.21. The van der Waals surface area contributed by atoms with Crippen LogP contribution in [0.3, 0.4) is 0 Å². The monoisotopic (exact) mass is 341 g/mol. The van der Waals surface area contributed by atoms with Gasteiger partial charge in [0.1, 0.15) is 17.2 Å². The van der Waals surface area contributed by atoms with E-state index >= 15 is 0 Å². The van der Waals surface area contributed by atoms with Gasteiger partial charge in [-0.15, -0.1) is 0 Å². The molecular weight excluding hydrogens is 322 g/mol. The minimum Gasteiger partial charge on any atom is -0.497 e. The third-order valence-corrected chi connectivity index (χ3v) is 5.21. The highest BCUT2D eigenvalue weighted by molar-refractivity contribution is 5.87. The van der Waals surface area contributed by atoms with E-state index in [0.717, 1.165) is 39.4 Å². The number of para-hydroxylation sites is 3. The van der Waals surface area contributed by atoms with Crippen molar-refractivity contribution in [2.45, 2.75) is 12.6 Å². The lowest BCUT2D eigenvalue weighted by molar-refractivity contribution is 0.413. The van der Waals surface area contributed by atoms with Crippen molar-refractivity contribution in [2.75, 3.05) is 12.4 Å². The van der Waals surface area contributed by atoms with Gasteiger partial charge in [-0.05, 0) is 48.9 Å². The van der Waals surface area contributed by atoms with Gasteiger partial charge < -0.3 is 10.1 Å². The number of ether oxygens (including phenoxy) is 1. The Morgan fingerprint density at radius 1 is 0.923 bits per heavy atom. The Kier molecular flexibility index (Phi) is 3.10. The highest BCUT2D eigenvalue weighted by Crippen LogP contribution is 2.43. The van der Waals surface area contributed by atoms with E-state index in [2.05, 4.69) is 71.4 Å². The maximum absolute atomic E-state index is 5.33. The molecule has 4 heteroatoms. The number of methoxy groups -OCH3 is 1. The van der Waals surface area contributed by atoms with Crippen LogP contribution in [0, 0.1) is 0 Å². The van der Waals surface area contributed by atoms with Gasteiger partial charge in [0.05, 0.1) is 18.1 Å². The third kappa shape index (κ3) is 1.99. The first-order valence-corrected chi connectivity index (χ1v) is 8.71. The van der Waals surface area contributed by atoms with E-state index in [0.29, 0.717) is 0 Å². The number of anilines is 1. The van der Waals surface area contributed by atoms with E-state index in [1.54, 1.807) is 7.11 Å². The molecule has 0 saturated carbocycles. The van der Waals surface area contributed by atoms with E-state index < -0.39 is 5.66 Å². The van der Waals surface area contributed by atoms with Gasteiger partial charge in [-0.25, -0.2) is 4.98 Å². The average molecular weight is 341 g/mol. The molecule has 0 bridgehead atoms. The lowest BCUT2D eigenvalue weighted by Crippen LogP contribution is -2.42. The molecule has 0 radical (unpaired) electrons. The van der Waals surface area contributed by atoms with Crippen LogP contribution in [-0.4, -0.2) is 16.7 Å². The fraction of sp³-hybridized carbons (Fsp3) is 0.136. The molecular formula is C22H19N3O. The van der Waals surface area contributed by atoms with E-state index in [1.807, 2.05) is 18.2 Å². The fourth-order valence-corrected chi connectivity index (χ4v) is 3.88. The second-order valence-corrected chi connectivity index (χ2v) is 6.73. The highest BCUT2D eigenvalue weighted by atomic mass is 16.5. The van der Waals surface area contributed by atoms with E-state index in [4.69, 9.17) is 9.72 Å². The summed E-state index contributed by atoms with van der Waals surface area (Å²) in [5.41, 5.74) is 5.02. The summed E-state index contributed by atoms with van der Waals surface area (Å²) in [5, 5.41) is 3.74. The number of benzene rings is 3. The zero-order chi connectivity index (χ0) is 17.7. The molecule has 4 aromatic rings. The van der Waals surface area contributed by atoms with E-state index in [9.17, 15) is 0 Å². The Morgan fingerprint density at radius 3 is 2.46 bits per heavy atom. The van der Waals surface area contributed by atoms with Crippen LogP contribution >= 0.6 is 0 Å². The number of hydrogen-bond donors (Lipinski definition) is 1. The molecule has 1 atom stereocenters. The van der Waals surface area contributed by atoms with Crippen molar-refractivity contribution < 1.29 is 4.74 Å². The average Bonchev–Trinajstić information content (AvgIpc) is 3.09. The van der Waals surface area contributed by atoms with Crippen molar-refractivity contribution >= 4 is 16.7 Å². The van der Waals surface area contributed by atoms with Crippen molar-refractivity contribution in [3.8, 4) is 17.1 Å². The van der Waals surface area contributed by atoms with Gasteiger partial charge >= 0.3 is 0 Å². The van der Waals surface area contributed by atoms with Crippen molar-refractivity contribution in [3.05, 3.63) is 78.4 Å². The van der Waals surface area contributed by atoms with Gasteiger partial charge in [0.25, 0.3) is 0 Å². The molecule has 1 N–H and O–H groups in total. The first kappa shape index (κ1) is 15.0. The minimum atomic E-state index is -0.452. The van der Waals surface area contributed by atoms with Crippen molar-refractivity contribution in [3.63, 3.8) is 0 Å².